The van der Waals surface area contributed by atoms with Crippen LogP contribution >= 0.6 is 0 Å². The Hall–Kier alpha value is -3.07. The minimum atomic E-state index is 0.275. The Bertz CT molecular complexity index is 950. The number of nitrogen functional groups attached to an aromatic ring is 1. The summed E-state index contributed by atoms with van der Waals surface area (Å²) in [5, 5.41) is 17.8. The molecule has 0 unspecified atom stereocenters. The van der Waals surface area contributed by atoms with E-state index in [1.54, 1.807) is 7.11 Å². The number of aromatic amines is 1. The number of anilines is 1. The Morgan fingerprint density at radius 3 is 2.87 bits per heavy atom. The monoisotopic (exact) mass is 305 g/mol. The van der Waals surface area contributed by atoms with Crippen LogP contribution in [0.5, 0.6) is 5.75 Å². The molecule has 2 aromatic heterocycles. The van der Waals surface area contributed by atoms with Gasteiger partial charge in [0, 0.05) is 28.6 Å². The third-order valence-electron chi connectivity index (χ3n) is 4.20. The highest BCUT2D eigenvalue weighted by molar-refractivity contribution is 5.95. The normalized spacial score (nSPS) is 13.9. The Labute approximate surface area is 132 Å². The highest BCUT2D eigenvalue weighted by Gasteiger charge is 2.27. The van der Waals surface area contributed by atoms with Crippen molar-refractivity contribution in [3.05, 3.63) is 35.5 Å². The molecule has 1 aromatic carbocycles. The number of ether oxygens (including phenoxy) is 1. The molecular weight excluding hydrogens is 290 g/mol. The zero-order valence-electron chi connectivity index (χ0n) is 12.6. The maximum Gasteiger partial charge on any atom is 0.142 e. The largest absolute Gasteiger partial charge is 0.497 e. The van der Waals surface area contributed by atoms with Crippen LogP contribution in [0.1, 0.15) is 30.0 Å². The van der Waals surface area contributed by atoms with Gasteiger partial charge in [0.25, 0.3) is 0 Å². The molecule has 2 heterocycles. The van der Waals surface area contributed by atoms with E-state index in [1.165, 1.54) is 0 Å². The predicted octanol–water partition coefficient (Wildman–Crippen LogP) is 2.96. The first kappa shape index (κ1) is 13.6. The van der Waals surface area contributed by atoms with E-state index >= 15 is 0 Å². The van der Waals surface area contributed by atoms with Crippen LogP contribution in [0.15, 0.2) is 24.3 Å². The minimum absolute atomic E-state index is 0.275. The zero-order valence-corrected chi connectivity index (χ0v) is 12.6. The molecule has 114 valence electrons. The molecule has 0 spiro atoms. The van der Waals surface area contributed by atoms with Crippen molar-refractivity contribution in [3.63, 3.8) is 0 Å². The van der Waals surface area contributed by atoms with Crippen molar-refractivity contribution in [1.29, 1.82) is 5.26 Å². The van der Waals surface area contributed by atoms with E-state index in [4.69, 9.17) is 10.5 Å². The van der Waals surface area contributed by atoms with Crippen molar-refractivity contribution in [3.8, 4) is 23.1 Å². The second kappa shape index (κ2) is 4.99. The first-order chi connectivity index (χ1) is 11.2. The smallest absolute Gasteiger partial charge is 0.142 e. The van der Waals surface area contributed by atoms with Gasteiger partial charge in [-0.3, -0.25) is 5.10 Å². The molecular formula is C17H15N5O. The summed E-state index contributed by atoms with van der Waals surface area (Å²) in [6, 6.07) is 9.80. The van der Waals surface area contributed by atoms with E-state index in [0.29, 0.717) is 11.5 Å². The number of rotatable bonds is 3. The first-order valence-electron chi connectivity index (χ1n) is 7.44. The molecule has 0 atom stereocenters. The lowest BCUT2D eigenvalue weighted by Crippen LogP contribution is -2.01. The van der Waals surface area contributed by atoms with Gasteiger partial charge in [0.05, 0.1) is 12.6 Å². The fourth-order valence-electron chi connectivity index (χ4n) is 2.81. The maximum atomic E-state index is 9.47. The number of aromatic nitrogens is 3. The van der Waals surface area contributed by atoms with Crippen molar-refractivity contribution < 1.29 is 4.74 Å². The molecule has 6 heteroatoms. The highest BCUT2D eigenvalue weighted by atomic mass is 16.5. The Balaban J connectivity index is 1.95. The maximum absolute atomic E-state index is 9.47. The van der Waals surface area contributed by atoms with Gasteiger partial charge in [-0.15, -0.1) is 0 Å². The number of methoxy groups -OCH3 is 1. The number of pyridine rings is 1. The van der Waals surface area contributed by atoms with Crippen molar-refractivity contribution in [2.75, 3.05) is 12.8 Å². The van der Waals surface area contributed by atoms with Crippen LogP contribution in [-0.4, -0.2) is 22.3 Å². The van der Waals surface area contributed by atoms with Crippen LogP contribution in [0.4, 0.5) is 5.82 Å². The van der Waals surface area contributed by atoms with Gasteiger partial charge in [-0.05, 0) is 31.0 Å². The number of H-pyrrole nitrogens is 1. The number of nitriles is 1. The van der Waals surface area contributed by atoms with Gasteiger partial charge in [0.2, 0.25) is 0 Å². The molecule has 0 saturated heterocycles. The van der Waals surface area contributed by atoms with E-state index < -0.39 is 0 Å². The number of nitrogens with two attached hydrogens (primary N) is 1. The molecule has 0 bridgehead atoms. The number of hydrogen-bond acceptors (Lipinski definition) is 5. The quantitative estimate of drug-likeness (QED) is 0.774. The summed E-state index contributed by atoms with van der Waals surface area (Å²) < 4.78 is 5.23. The van der Waals surface area contributed by atoms with Gasteiger partial charge >= 0.3 is 0 Å². The van der Waals surface area contributed by atoms with Crippen LogP contribution in [0, 0.1) is 11.3 Å². The lowest BCUT2D eigenvalue weighted by atomic mass is 10.0. The van der Waals surface area contributed by atoms with Crippen molar-refractivity contribution >= 4 is 16.7 Å². The van der Waals surface area contributed by atoms with Gasteiger partial charge in [0.1, 0.15) is 28.9 Å². The average molecular weight is 305 g/mol. The standard InChI is InChI=1S/C17H15N5O/c1-23-10-4-5-11-15(6-10)21-22-16(11)12-7-14(9-2-3-9)20-17(19)13(12)8-18/h4-7,9H,2-3H2,1H3,(H2,19,20)(H,21,22). The van der Waals surface area contributed by atoms with Crippen molar-refractivity contribution in [2.24, 2.45) is 0 Å². The van der Waals surface area contributed by atoms with Gasteiger partial charge in [-0.25, -0.2) is 4.98 Å². The predicted molar refractivity (Wildman–Crippen MR) is 87.0 cm³/mol. The summed E-state index contributed by atoms with van der Waals surface area (Å²) >= 11 is 0. The van der Waals surface area contributed by atoms with Crippen LogP contribution in [0.25, 0.3) is 22.2 Å². The Kier molecular flexibility index (Phi) is 2.95. The summed E-state index contributed by atoms with van der Waals surface area (Å²) in [7, 11) is 1.62. The number of nitrogens with zero attached hydrogens (tertiary/aromatic N) is 3. The second-order valence-corrected chi connectivity index (χ2v) is 5.72. The van der Waals surface area contributed by atoms with Crippen LogP contribution in [0.3, 0.4) is 0 Å². The van der Waals surface area contributed by atoms with Gasteiger partial charge in [-0.2, -0.15) is 10.4 Å². The summed E-state index contributed by atoms with van der Waals surface area (Å²) in [5.74, 6) is 1.48. The molecule has 0 aliphatic heterocycles. The highest BCUT2D eigenvalue weighted by Crippen LogP contribution is 2.42. The molecule has 4 rings (SSSR count). The lowest BCUT2D eigenvalue weighted by Gasteiger charge is -2.08. The van der Waals surface area contributed by atoms with E-state index in [-0.39, 0.29) is 5.82 Å². The van der Waals surface area contributed by atoms with Crippen LogP contribution in [-0.2, 0) is 0 Å². The molecule has 3 aromatic rings. The SMILES string of the molecule is COc1ccc2c(-c3cc(C4CC4)nc(N)c3C#N)n[nH]c2c1. The van der Waals surface area contributed by atoms with E-state index in [0.717, 1.165) is 46.4 Å². The van der Waals surface area contributed by atoms with Gasteiger partial charge < -0.3 is 10.5 Å². The fraction of sp³-hybridized carbons (Fsp3) is 0.235. The van der Waals surface area contributed by atoms with Gasteiger partial charge in [-0.1, -0.05) is 0 Å². The molecule has 6 nitrogen and oxygen atoms in total. The number of nitrogens with one attached hydrogen (secondary N) is 1. The van der Waals surface area contributed by atoms with Crippen LogP contribution < -0.4 is 10.5 Å². The van der Waals surface area contributed by atoms with Crippen LogP contribution in [0.2, 0.25) is 0 Å². The summed E-state index contributed by atoms with van der Waals surface area (Å²) in [6.07, 6.45) is 2.24. The van der Waals surface area contributed by atoms with E-state index in [2.05, 4.69) is 21.3 Å². The molecule has 1 saturated carbocycles. The Morgan fingerprint density at radius 1 is 1.35 bits per heavy atom. The number of benzene rings is 1. The number of fused-ring (bicyclic) bond motifs is 1. The first-order valence-corrected chi connectivity index (χ1v) is 7.44. The summed E-state index contributed by atoms with van der Waals surface area (Å²) in [5.41, 5.74) is 9.63. The van der Waals surface area contributed by atoms with Crippen molar-refractivity contribution in [1.82, 2.24) is 15.2 Å². The Morgan fingerprint density at radius 2 is 2.17 bits per heavy atom. The topological polar surface area (TPSA) is 101 Å². The third kappa shape index (κ3) is 2.18. The van der Waals surface area contributed by atoms with E-state index in [1.807, 2.05) is 24.3 Å². The lowest BCUT2D eigenvalue weighted by molar-refractivity contribution is 0.415. The zero-order chi connectivity index (χ0) is 16.0. The average Bonchev–Trinajstić information content (AvgIpc) is 3.33. The minimum Gasteiger partial charge on any atom is -0.497 e. The van der Waals surface area contributed by atoms with Crippen molar-refractivity contribution in [2.45, 2.75) is 18.8 Å². The molecule has 0 radical (unpaired) electrons. The van der Waals surface area contributed by atoms with E-state index in [9.17, 15) is 5.26 Å². The molecule has 0 amide bonds. The summed E-state index contributed by atoms with van der Waals surface area (Å²) in [4.78, 5) is 4.38. The molecule has 23 heavy (non-hydrogen) atoms. The molecule has 1 aliphatic rings. The molecule has 1 fully saturated rings. The second-order valence-electron chi connectivity index (χ2n) is 5.72. The van der Waals surface area contributed by atoms with Gasteiger partial charge in [0.15, 0.2) is 0 Å². The fourth-order valence-corrected chi connectivity index (χ4v) is 2.81. The molecule has 3 N–H and O–H groups in total. The summed E-state index contributed by atoms with van der Waals surface area (Å²) in [6.45, 7) is 0. The third-order valence-corrected chi connectivity index (χ3v) is 4.20. The number of hydrogen-bond donors (Lipinski definition) is 2. The molecule has 1 aliphatic carbocycles.